The van der Waals surface area contributed by atoms with Gasteiger partial charge >= 0.3 is 0 Å². The number of ether oxygens (including phenoxy) is 1. The van der Waals surface area contributed by atoms with Crippen molar-refractivity contribution in [3.63, 3.8) is 0 Å². The van der Waals surface area contributed by atoms with Crippen LogP contribution in [0.15, 0.2) is 42.5 Å². The number of rotatable bonds is 3. The molecular weight excluding hydrogens is 305 g/mol. The highest BCUT2D eigenvalue weighted by molar-refractivity contribution is 6.30. The Morgan fingerprint density at radius 2 is 2.00 bits per heavy atom. The van der Waals surface area contributed by atoms with E-state index < -0.39 is 5.82 Å². The summed E-state index contributed by atoms with van der Waals surface area (Å²) in [6.45, 7) is 2.80. The first-order valence-electron chi connectivity index (χ1n) is 7.18. The fourth-order valence-electron chi connectivity index (χ4n) is 2.63. The van der Waals surface area contributed by atoms with E-state index in [9.17, 15) is 9.50 Å². The second-order valence-electron chi connectivity index (χ2n) is 5.43. The molecular formula is C17H17ClFNO2. The summed E-state index contributed by atoms with van der Waals surface area (Å²) in [5.41, 5.74) is 1.93. The molecule has 0 aliphatic carbocycles. The molecule has 0 radical (unpaired) electrons. The van der Waals surface area contributed by atoms with E-state index in [1.54, 1.807) is 6.07 Å². The van der Waals surface area contributed by atoms with Crippen molar-refractivity contribution in [2.75, 3.05) is 19.7 Å². The largest absolute Gasteiger partial charge is 0.505 e. The first-order valence-corrected chi connectivity index (χ1v) is 7.56. The lowest BCUT2D eigenvalue weighted by Crippen LogP contribution is -2.37. The highest BCUT2D eigenvalue weighted by Gasteiger charge is 2.22. The molecule has 1 heterocycles. The van der Waals surface area contributed by atoms with Crippen LogP contribution in [0.5, 0.6) is 5.75 Å². The van der Waals surface area contributed by atoms with Gasteiger partial charge in [0.25, 0.3) is 0 Å². The molecule has 1 N–H and O–H groups in total. The first-order chi connectivity index (χ1) is 10.6. The molecule has 22 heavy (non-hydrogen) atoms. The topological polar surface area (TPSA) is 32.7 Å². The number of aromatic hydroxyl groups is 1. The van der Waals surface area contributed by atoms with E-state index in [1.165, 1.54) is 12.1 Å². The van der Waals surface area contributed by atoms with Crippen LogP contribution in [0.1, 0.15) is 17.2 Å². The normalized spacial score (nSPS) is 19.3. The molecule has 0 amide bonds. The summed E-state index contributed by atoms with van der Waals surface area (Å²) < 4.78 is 19.2. The SMILES string of the molecule is Oc1ccc(CN2CCO[C@H](c3ccc(Cl)cc3)C2)cc1F. The molecule has 1 aliphatic heterocycles. The van der Waals surface area contributed by atoms with Crippen molar-refractivity contribution in [2.45, 2.75) is 12.6 Å². The van der Waals surface area contributed by atoms with Crippen LogP contribution < -0.4 is 0 Å². The molecule has 0 unspecified atom stereocenters. The van der Waals surface area contributed by atoms with Gasteiger partial charge in [-0.05, 0) is 35.4 Å². The molecule has 1 fully saturated rings. The minimum atomic E-state index is -0.583. The highest BCUT2D eigenvalue weighted by Crippen LogP contribution is 2.25. The summed E-state index contributed by atoms with van der Waals surface area (Å²) in [4.78, 5) is 2.22. The number of hydrogen-bond acceptors (Lipinski definition) is 3. The van der Waals surface area contributed by atoms with Gasteiger partial charge in [-0.2, -0.15) is 0 Å². The van der Waals surface area contributed by atoms with Crippen molar-refractivity contribution in [1.82, 2.24) is 4.90 Å². The van der Waals surface area contributed by atoms with Crippen LogP contribution in [0.2, 0.25) is 5.02 Å². The molecule has 0 saturated carbocycles. The Hall–Kier alpha value is -1.62. The molecule has 3 rings (SSSR count). The van der Waals surface area contributed by atoms with Gasteiger partial charge in [-0.15, -0.1) is 0 Å². The van der Waals surface area contributed by atoms with Gasteiger partial charge in [-0.1, -0.05) is 29.8 Å². The maximum atomic E-state index is 13.4. The summed E-state index contributed by atoms with van der Waals surface area (Å²) in [7, 11) is 0. The van der Waals surface area contributed by atoms with Gasteiger partial charge in [0.15, 0.2) is 11.6 Å². The zero-order valence-electron chi connectivity index (χ0n) is 12.0. The average Bonchev–Trinajstić information content (AvgIpc) is 2.52. The molecule has 0 aromatic heterocycles. The van der Waals surface area contributed by atoms with Crippen LogP contribution in [0, 0.1) is 5.82 Å². The fraction of sp³-hybridized carbons (Fsp3) is 0.294. The second-order valence-corrected chi connectivity index (χ2v) is 5.87. The Morgan fingerprint density at radius 3 is 2.73 bits per heavy atom. The van der Waals surface area contributed by atoms with E-state index in [-0.39, 0.29) is 11.9 Å². The van der Waals surface area contributed by atoms with E-state index >= 15 is 0 Å². The van der Waals surface area contributed by atoms with E-state index in [0.717, 1.165) is 24.2 Å². The number of halogens is 2. The summed E-state index contributed by atoms with van der Waals surface area (Å²) in [6.07, 6.45) is -0.00650. The van der Waals surface area contributed by atoms with Gasteiger partial charge in [0.05, 0.1) is 12.7 Å². The number of phenols is 1. The molecule has 1 aliphatic rings. The lowest BCUT2D eigenvalue weighted by Gasteiger charge is -2.33. The number of morpholine rings is 1. The summed E-state index contributed by atoms with van der Waals surface area (Å²) in [5.74, 6) is -0.898. The maximum absolute atomic E-state index is 13.4. The van der Waals surface area contributed by atoms with Gasteiger partial charge in [0.1, 0.15) is 0 Å². The molecule has 0 bridgehead atoms. The quantitative estimate of drug-likeness (QED) is 0.934. The molecule has 1 atom stereocenters. The number of benzene rings is 2. The monoisotopic (exact) mass is 321 g/mol. The van der Waals surface area contributed by atoms with Gasteiger partial charge in [0, 0.05) is 24.7 Å². The predicted molar refractivity (Wildman–Crippen MR) is 83.5 cm³/mol. The fourth-order valence-corrected chi connectivity index (χ4v) is 2.76. The molecule has 5 heteroatoms. The van der Waals surface area contributed by atoms with Crippen molar-refractivity contribution in [3.05, 3.63) is 64.4 Å². The van der Waals surface area contributed by atoms with Crippen LogP contribution in [-0.4, -0.2) is 29.7 Å². The number of nitrogens with zero attached hydrogens (tertiary/aromatic N) is 1. The average molecular weight is 322 g/mol. The van der Waals surface area contributed by atoms with Crippen LogP contribution in [0.3, 0.4) is 0 Å². The van der Waals surface area contributed by atoms with Crippen LogP contribution in [-0.2, 0) is 11.3 Å². The van der Waals surface area contributed by atoms with E-state index in [0.29, 0.717) is 18.2 Å². The standard InChI is InChI=1S/C17H17ClFNO2/c18-14-4-2-13(3-5-14)17-11-20(7-8-22-17)10-12-1-6-16(21)15(19)9-12/h1-6,9,17,21H,7-8,10-11H2/t17-/m0/s1. The Kier molecular flexibility index (Phi) is 4.62. The third-order valence-electron chi connectivity index (χ3n) is 3.81. The van der Waals surface area contributed by atoms with Crippen LogP contribution in [0.4, 0.5) is 4.39 Å². The minimum Gasteiger partial charge on any atom is -0.505 e. The lowest BCUT2D eigenvalue weighted by atomic mass is 10.1. The number of phenolic OH excluding ortho intramolecular Hbond substituents is 1. The van der Waals surface area contributed by atoms with Crippen molar-refractivity contribution in [3.8, 4) is 5.75 Å². The van der Waals surface area contributed by atoms with Crippen molar-refractivity contribution < 1.29 is 14.2 Å². The zero-order chi connectivity index (χ0) is 15.5. The first kappa shape index (κ1) is 15.3. The van der Waals surface area contributed by atoms with Crippen LogP contribution in [0.25, 0.3) is 0 Å². The van der Waals surface area contributed by atoms with E-state index in [2.05, 4.69) is 4.90 Å². The predicted octanol–water partition coefficient (Wildman–Crippen LogP) is 3.76. The van der Waals surface area contributed by atoms with Crippen molar-refractivity contribution in [1.29, 1.82) is 0 Å². The van der Waals surface area contributed by atoms with Gasteiger partial charge in [-0.3, -0.25) is 4.90 Å². The third kappa shape index (κ3) is 3.58. The van der Waals surface area contributed by atoms with Crippen molar-refractivity contribution >= 4 is 11.6 Å². The Balaban J connectivity index is 1.67. The van der Waals surface area contributed by atoms with Gasteiger partial charge < -0.3 is 9.84 Å². The second kappa shape index (κ2) is 6.65. The van der Waals surface area contributed by atoms with E-state index in [4.69, 9.17) is 16.3 Å². The Bertz CT molecular complexity index is 648. The Labute approximate surface area is 133 Å². The zero-order valence-corrected chi connectivity index (χ0v) is 12.8. The van der Waals surface area contributed by atoms with Crippen molar-refractivity contribution in [2.24, 2.45) is 0 Å². The maximum Gasteiger partial charge on any atom is 0.165 e. The molecule has 3 nitrogen and oxygen atoms in total. The Morgan fingerprint density at radius 1 is 1.23 bits per heavy atom. The molecule has 116 valence electrons. The molecule has 2 aromatic rings. The summed E-state index contributed by atoms with van der Waals surface area (Å²) in [6, 6.07) is 12.2. The van der Waals surface area contributed by atoms with E-state index in [1.807, 2.05) is 24.3 Å². The smallest absolute Gasteiger partial charge is 0.165 e. The third-order valence-corrected chi connectivity index (χ3v) is 4.06. The highest BCUT2D eigenvalue weighted by atomic mass is 35.5. The van der Waals surface area contributed by atoms with Gasteiger partial charge in [0.2, 0.25) is 0 Å². The molecule has 1 saturated heterocycles. The van der Waals surface area contributed by atoms with Crippen LogP contribution >= 0.6 is 11.6 Å². The number of hydrogen-bond donors (Lipinski definition) is 1. The summed E-state index contributed by atoms with van der Waals surface area (Å²) in [5, 5.41) is 9.95. The summed E-state index contributed by atoms with van der Waals surface area (Å²) >= 11 is 5.91. The van der Waals surface area contributed by atoms with Gasteiger partial charge in [-0.25, -0.2) is 4.39 Å². The minimum absolute atomic E-state index is 0.00650. The molecule has 2 aromatic carbocycles. The molecule has 0 spiro atoms. The lowest BCUT2D eigenvalue weighted by molar-refractivity contribution is -0.0329.